The van der Waals surface area contributed by atoms with Crippen LogP contribution in [0.15, 0.2) is 0 Å². The van der Waals surface area contributed by atoms with Crippen molar-refractivity contribution in [2.75, 3.05) is 6.61 Å². The summed E-state index contributed by atoms with van der Waals surface area (Å²) >= 11 is 0. The molecule has 76 valence electrons. The van der Waals surface area contributed by atoms with Crippen LogP contribution in [-0.4, -0.2) is 23.7 Å². The maximum atomic E-state index is 11.0. The molecule has 0 aliphatic carbocycles. The maximum Gasteiger partial charge on any atom is 0.308 e. The van der Waals surface area contributed by atoms with Crippen LogP contribution in [0.3, 0.4) is 0 Å². The van der Waals surface area contributed by atoms with Crippen LogP contribution < -0.4 is 0 Å². The zero-order valence-electron chi connectivity index (χ0n) is 8.08. The average molecular weight is 188 g/mol. The number of esters is 1. The van der Waals surface area contributed by atoms with Gasteiger partial charge in [0, 0.05) is 6.42 Å². The van der Waals surface area contributed by atoms with Gasteiger partial charge in [0.25, 0.3) is 0 Å². The quantitative estimate of drug-likeness (QED) is 0.506. The number of rotatable bonds is 6. The van der Waals surface area contributed by atoms with E-state index in [1.165, 1.54) is 0 Å². The molecule has 13 heavy (non-hydrogen) atoms. The summed E-state index contributed by atoms with van der Waals surface area (Å²) in [7, 11) is 0. The predicted molar refractivity (Wildman–Crippen MR) is 47.3 cm³/mol. The zero-order chi connectivity index (χ0) is 10.3. The van der Waals surface area contributed by atoms with Crippen molar-refractivity contribution in [3.63, 3.8) is 0 Å². The lowest BCUT2D eigenvalue weighted by molar-refractivity contribution is -0.149. The van der Waals surface area contributed by atoms with Crippen molar-refractivity contribution >= 4 is 11.9 Å². The van der Waals surface area contributed by atoms with Crippen LogP contribution in [0.5, 0.6) is 0 Å². The van der Waals surface area contributed by atoms with Gasteiger partial charge in [-0.15, -0.1) is 0 Å². The molecular formula is C9H16O4. The normalized spacial score (nSPS) is 12.2. The molecule has 0 aromatic heterocycles. The molecule has 0 amide bonds. The van der Waals surface area contributed by atoms with Gasteiger partial charge in [-0.25, -0.2) is 0 Å². The minimum atomic E-state index is -0.861. The van der Waals surface area contributed by atoms with E-state index in [1.807, 2.05) is 6.92 Å². The Hall–Kier alpha value is -1.06. The lowest BCUT2D eigenvalue weighted by Crippen LogP contribution is -2.15. The average Bonchev–Trinajstić information content (AvgIpc) is 2.10. The summed E-state index contributed by atoms with van der Waals surface area (Å²) in [6.07, 6.45) is 1.18. The standard InChI is InChI=1S/C9H16O4/c1-3-7(2)9(12)13-6-4-5-8(10)11/h7H,3-6H2,1-2H3,(H,10,11). The topological polar surface area (TPSA) is 63.6 Å². The first kappa shape index (κ1) is 11.9. The Morgan fingerprint density at radius 1 is 1.46 bits per heavy atom. The van der Waals surface area contributed by atoms with Gasteiger partial charge in [0.1, 0.15) is 0 Å². The number of carbonyl (C=O) groups is 2. The van der Waals surface area contributed by atoms with E-state index < -0.39 is 5.97 Å². The summed E-state index contributed by atoms with van der Waals surface area (Å²) in [5, 5.41) is 8.29. The Balaban J connectivity index is 3.42. The van der Waals surface area contributed by atoms with Crippen LogP contribution in [0.2, 0.25) is 0 Å². The van der Waals surface area contributed by atoms with Crippen molar-refractivity contribution in [1.29, 1.82) is 0 Å². The molecule has 1 N–H and O–H groups in total. The van der Waals surface area contributed by atoms with E-state index in [0.717, 1.165) is 6.42 Å². The van der Waals surface area contributed by atoms with Crippen LogP contribution in [-0.2, 0) is 14.3 Å². The molecule has 0 spiro atoms. The fourth-order valence-corrected chi connectivity index (χ4v) is 0.705. The van der Waals surface area contributed by atoms with E-state index in [4.69, 9.17) is 9.84 Å². The van der Waals surface area contributed by atoms with Gasteiger partial charge >= 0.3 is 11.9 Å². The summed E-state index contributed by atoms with van der Waals surface area (Å²) in [4.78, 5) is 21.1. The molecule has 0 heterocycles. The van der Waals surface area contributed by atoms with Crippen LogP contribution in [0.1, 0.15) is 33.1 Å². The molecule has 4 nitrogen and oxygen atoms in total. The van der Waals surface area contributed by atoms with E-state index in [-0.39, 0.29) is 24.9 Å². The molecule has 0 radical (unpaired) electrons. The summed E-state index contributed by atoms with van der Waals surface area (Å²) in [6, 6.07) is 0. The Morgan fingerprint density at radius 3 is 2.54 bits per heavy atom. The smallest absolute Gasteiger partial charge is 0.308 e. The van der Waals surface area contributed by atoms with Gasteiger partial charge in [-0.2, -0.15) is 0 Å². The van der Waals surface area contributed by atoms with Crippen molar-refractivity contribution in [2.24, 2.45) is 5.92 Å². The molecular weight excluding hydrogens is 172 g/mol. The molecule has 0 aliphatic heterocycles. The SMILES string of the molecule is CCC(C)C(=O)OCCCC(=O)O. The number of hydrogen-bond acceptors (Lipinski definition) is 3. The minimum Gasteiger partial charge on any atom is -0.481 e. The first-order valence-corrected chi connectivity index (χ1v) is 4.46. The van der Waals surface area contributed by atoms with Gasteiger partial charge in [-0.3, -0.25) is 9.59 Å². The number of carboxylic acid groups (broad SMARTS) is 1. The molecule has 4 heteroatoms. The molecule has 1 atom stereocenters. The summed E-state index contributed by atoms with van der Waals surface area (Å²) < 4.78 is 4.84. The van der Waals surface area contributed by atoms with E-state index in [2.05, 4.69) is 0 Å². The van der Waals surface area contributed by atoms with Gasteiger partial charge < -0.3 is 9.84 Å². The third kappa shape index (κ3) is 6.13. The highest BCUT2D eigenvalue weighted by molar-refractivity contribution is 5.72. The van der Waals surface area contributed by atoms with E-state index >= 15 is 0 Å². The van der Waals surface area contributed by atoms with Crippen LogP contribution >= 0.6 is 0 Å². The summed E-state index contributed by atoms with van der Waals surface area (Å²) in [5.74, 6) is -1.20. The van der Waals surface area contributed by atoms with E-state index in [1.54, 1.807) is 6.92 Å². The van der Waals surface area contributed by atoms with Gasteiger partial charge in [0.05, 0.1) is 12.5 Å². The second-order valence-electron chi connectivity index (χ2n) is 2.97. The molecule has 0 rings (SSSR count). The zero-order valence-corrected chi connectivity index (χ0v) is 8.08. The Labute approximate surface area is 77.9 Å². The largest absolute Gasteiger partial charge is 0.481 e. The first-order chi connectivity index (χ1) is 6.07. The van der Waals surface area contributed by atoms with Gasteiger partial charge in [0.15, 0.2) is 0 Å². The molecule has 0 aromatic rings. The Morgan fingerprint density at radius 2 is 2.08 bits per heavy atom. The molecule has 0 saturated heterocycles. The Kier molecular flexibility index (Phi) is 5.93. The third-order valence-electron chi connectivity index (χ3n) is 1.79. The second-order valence-corrected chi connectivity index (χ2v) is 2.97. The first-order valence-electron chi connectivity index (χ1n) is 4.46. The van der Waals surface area contributed by atoms with Crippen molar-refractivity contribution in [2.45, 2.75) is 33.1 Å². The fraction of sp³-hybridized carbons (Fsp3) is 0.778. The summed E-state index contributed by atoms with van der Waals surface area (Å²) in [6.45, 7) is 3.90. The summed E-state index contributed by atoms with van der Waals surface area (Å²) in [5.41, 5.74) is 0. The van der Waals surface area contributed by atoms with Gasteiger partial charge in [-0.05, 0) is 12.8 Å². The minimum absolute atomic E-state index is 0.0494. The second kappa shape index (κ2) is 6.46. The van der Waals surface area contributed by atoms with Crippen LogP contribution in [0.25, 0.3) is 0 Å². The van der Waals surface area contributed by atoms with Gasteiger partial charge in [0.2, 0.25) is 0 Å². The molecule has 0 fully saturated rings. The monoisotopic (exact) mass is 188 g/mol. The third-order valence-corrected chi connectivity index (χ3v) is 1.79. The Bertz CT molecular complexity index is 176. The van der Waals surface area contributed by atoms with Crippen molar-refractivity contribution in [3.8, 4) is 0 Å². The molecule has 0 bridgehead atoms. The fourth-order valence-electron chi connectivity index (χ4n) is 0.705. The highest BCUT2D eigenvalue weighted by atomic mass is 16.5. The highest BCUT2D eigenvalue weighted by Gasteiger charge is 2.11. The maximum absolute atomic E-state index is 11.0. The van der Waals surface area contributed by atoms with Crippen LogP contribution in [0.4, 0.5) is 0 Å². The number of aliphatic carboxylic acids is 1. The predicted octanol–water partition coefficient (Wildman–Crippen LogP) is 1.44. The van der Waals surface area contributed by atoms with Gasteiger partial charge in [-0.1, -0.05) is 13.8 Å². The number of carbonyl (C=O) groups excluding carboxylic acids is 1. The molecule has 1 unspecified atom stereocenters. The number of hydrogen-bond donors (Lipinski definition) is 1. The lowest BCUT2D eigenvalue weighted by atomic mass is 10.1. The van der Waals surface area contributed by atoms with Crippen LogP contribution in [0, 0.1) is 5.92 Å². The molecule has 0 aromatic carbocycles. The van der Waals surface area contributed by atoms with Crippen molar-refractivity contribution < 1.29 is 19.4 Å². The van der Waals surface area contributed by atoms with E-state index in [9.17, 15) is 9.59 Å². The number of carboxylic acids is 1. The van der Waals surface area contributed by atoms with E-state index in [0.29, 0.717) is 6.42 Å². The van der Waals surface area contributed by atoms with Crippen molar-refractivity contribution in [3.05, 3.63) is 0 Å². The molecule has 0 aliphatic rings. The van der Waals surface area contributed by atoms with Crippen molar-refractivity contribution in [1.82, 2.24) is 0 Å². The number of ether oxygens (including phenoxy) is 1. The highest BCUT2D eigenvalue weighted by Crippen LogP contribution is 2.03. The molecule has 0 saturated carbocycles. The lowest BCUT2D eigenvalue weighted by Gasteiger charge is -2.07.